The number of nitrogens with one attached hydrogen (secondary N) is 2. The lowest BCUT2D eigenvalue weighted by molar-refractivity contribution is -0.118. The van der Waals surface area contributed by atoms with Crippen molar-refractivity contribution in [1.29, 1.82) is 5.26 Å². The van der Waals surface area contributed by atoms with E-state index in [0.29, 0.717) is 34.2 Å². The number of aromatic amines is 1. The van der Waals surface area contributed by atoms with E-state index in [0.717, 1.165) is 10.4 Å². The van der Waals surface area contributed by atoms with Crippen molar-refractivity contribution < 1.29 is 9.53 Å². The first-order chi connectivity index (χ1) is 15.5. The Morgan fingerprint density at radius 1 is 1.28 bits per heavy atom. The summed E-state index contributed by atoms with van der Waals surface area (Å²) < 4.78 is 7.93. The van der Waals surface area contributed by atoms with Crippen molar-refractivity contribution in [3.8, 4) is 22.5 Å². The molecule has 2 N–H and O–H groups in total. The molecule has 32 heavy (non-hydrogen) atoms. The quantitative estimate of drug-likeness (QED) is 0.363. The van der Waals surface area contributed by atoms with E-state index in [4.69, 9.17) is 22.2 Å². The molecule has 1 atom stereocenters. The number of aromatic nitrogens is 3. The first kappa shape index (κ1) is 21.5. The summed E-state index contributed by atoms with van der Waals surface area (Å²) in [6.45, 7) is 2.10. The normalized spacial score (nSPS) is 11.5. The Bertz CT molecular complexity index is 1330. The van der Waals surface area contributed by atoms with E-state index in [1.54, 1.807) is 35.8 Å². The van der Waals surface area contributed by atoms with Crippen LogP contribution in [0.1, 0.15) is 24.1 Å². The number of hydrogen-bond donors (Lipinski definition) is 2. The van der Waals surface area contributed by atoms with Crippen molar-refractivity contribution in [3.63, 3.8) is 0 Å². The van der Waals surface area contributed by atoms with Gasteiger partial charge in [-0.05, 0) is 60.4 Å². The molecule has 0 aliphatic carbocycles. The Balaban J connectivity index is 1.46. The number of hydrogen-bond acceptors (Lipinski definition) is 6. The van der Waals surface area contributed by atoms with Crippen LogP contribution in [-0.2, 0) is 11.4 Å². The monoisotopic (exact) mass is 461 g/mol. The van der Waals surface area contributed by atoms with Crippen molar-refractivity contribution in [3.05, 3.63) is 81.9 Å². The van der Waals surface area contributed by atoms with Crippen molar-refractivity contribution in [2.75, 3.05) is 5.32 Å². The molecule has 0 bridgehead atoms. The fourth-order valence-electron chi connectivity index (χ4n) is 3.17. The van der Waals surface area contributed by atoms with Gasteiger partial charge in [-0.3, -0.25) is 14.5 Å². The van der Waals surface area contributed by atoms with Gasteiger partial charge in [-0.15, -0.1) is 11.3 Å². The molecule has 4 rings (SSSR count). The number of nitriles is 1. The van der Waals surface area contributed by atoms with Crippen molar-refractivity contribution >= 4 is 35.1 Å². The molecule has 7 nitrogen and oxygen atoms in total. The summed E-state index contributed by atoms with van der Waals surface area (Å²) in [6, 6.07) is 19.8. The lowest BCUT2D eigenvalue weighted by atomic mass is 10.1. The van der Waals surface area contributed by atoms with Gasteiger partial charge >= 0.3 is 0 Å². The van der Waals surface area contributed by atoms with Crippen LogP contribution in [0.2, 0.25) is 0 Å². The number of thiophene rings is 1. The van der Waals surface area contributed by atoms with Crippen LogP contribution in [0.4, 0.5) is 5.69 Å². The third-order valence-corrected chi connectivity index (χ3v) is 5.93. The Kier molecular flexibility index (Phi) is 6.44. The number of ether oxygens (including phenoxy) is 1. The Morgan fingerprint density at radius 2 is 2.12 bits per heavy atom. The highest BCUT2D eigenvalue weighted by atomic mass is 32.1. The highest BCUT2D eigenvalue weighted by molar-refractivity contribution is 7.71. The van der Waals surface area contributed by atoms with Crippen LogP contribution in [0.25, 0.3) is 10.7 Å². The largest absolute Gasteiger partial charge is 0.489 e. The smallest absolute Gasteiger partial charge is 0.247 e. The van der Waals surface area contributed by atoms with E-state index in [9.17, 15) is 4.79 Å². The minimum Gasteiger partial charge on any atom is -0.489 e. The molecule has 0 aliphatic rings. The summed E-state index contributed by atoms with van der Waals surface area (Å²) in [5, 5.41) is 21.0. The zero-order chi connectivity index (χ0) is 22.5. The highest BCUT2D eigenvalue weighted by Crippen LogP contribution is 2.26. The fourth-order valence-corrected chi connectivity index (χ4v) is 4.17. The number of carbonyl (C=O) groups is 1. The van der Waals surface area contributed by atoms with E-state index >= 15 is 0 Å². The minimum absolute atomic E-state index is 0.223. The van der Waals surface area contributed by atoms with Gasteiger partial charge in [0.1, 0.15) is 18.4 Å². The zero-order valence-corrected chi connectivity index (χ0v) is 18.7. The van der Waals surface area contributed by atoms with Crippen LogP contribution in [-0.4, -0.2) is 20.7 Å². The molecule has 0 radical (unpaired) electrons. The van der Waals surface area contributed by atoms with Gasteiger partial charge in [0.2, 0.25) is 5.91 Å². The molecule has 160 valence electrons. The summed E-state index contributed by atoms with van der Waals surface area (Å²) in [7, 11) is 0. The van der Waals surface area contributed by atoms with Crippen LogP contribution < -0.4 is 10.1 Å². The van der Waals surface area contributed by atoms with Crippen LogP contribution in [0.5, 0.6) is 5.75 Å². The van der Waals surface area contributed by atoms with Crippen LogP contribution in [0.15, 0.2) is 66.0 Å². The molecule has 0 spiro atoms. The average molecular weight is 462 g/mol. The molecule has 2 aromatic carbocycles. The van der Waals surface area contributed by atoms with Gasteiger partial charge in [0.15, 0.2) is 10.6 Å². The summed E-state index contributed by atoms with van der Waals surface area (Å²) in [5.41, 5.74) is 2.08. The van der Waals surface area contributed by atoms with E-state index in [1.165, 1.54) is 11.3 Å². The van der Waals surface area contributed by atoms with Crippen molar-refractivity contribution in [2.24, 2.45) is 0 Å². The van der Waals surface area contributed by atoms with Gasteiger partial charge in [0.05, 0.1) is 16.5 Å². The molecule has 2 aromatic heterocycles. The summed E-state index contributed by atoms with van der Waals surface area (Å²) in [5.74, 6) is 1.01. The first-order valence-corrected chi connectivity index (χ1v) is 11.1. The molecular formula is C23H19N5O2S2. The number of benzene rings is 2. The van der Waals surface area contributed by atoms with Gasteiger partial charge in [-0.25, -0.2) is 0 Å². The van der Waals surface area contributed by atoms with Crippen LogP contribution in [0.3, 0.4) is 0 Å². The topological polar surface area (TPSA) is 95.7 Å². The summed E-state index contributed by atoms with van der Waals surface area (Å²) in [6.07, 6.45) is 0. The number of anilines is 1. The SMILES string of the molecule is CC(C(=O)Nc1cccc(OCc2cccc(C#N)c2)c1)n1c(-c2cccs2)n[nH]c1=S. The molecule has 0 aliphatic heterocycles. The van der Waals surface area contributed by atoms with E-state index in [1.807, 2.05) is 41.8 Å². The lowest BCUT2D eigenvalue weighted by Gasteiger charge is -2.16. The average Bonchev–Trinajstić information content (AvgIpc) is 3.47. The maximum absolute atomic E-state index is 13.0. The number of carbonyl (C=O) groups excluding carboxylic acids is 1. The second-order valence-electron chi connectivity index (χ2n) is 6.99. The third-order valence-electron chi connectivity index (χ3n) is 4.78. The number of rotatable bonds is 7. The van der Waals surface area contributed by atoms with Gasteiger partial charge < -0.3 is 10.1 Å². The molecule has 1 unspecified atom stereocenters. The molecule has 0 saturated heterocycles. The molecule has 0 fully saturated rings. The number of amides is 1. The molecule has 2 heterocycles. The minimum atomic E-state index is -0.573. The third kappa shape index (κ3) is 4.77. The second kappa shape index (κ2) is 9.60. The molecule has 1 amide bonds. The van der Waals surface area contributed by atoms with Gasteiger partial charge in [0, 0.05) is 11.8 Å². The summed E-state index contributed by atoms with van der Waals surface area (Å²) >= 11 is 6.88. The number of nitrogens with zero attached hydrogens (tertiary/aromatic N) is 3. The van der Waals surface area contributed by atoms with Crippen molar-refractivity contribution in [1.82, 2.24) is 14.8 Å². The van der Waals surface area contributed by atoms with E-state index in [2.05, 4.69) is 21.6 Å². The maximum Gasteiger partial charge on any atom is 0.247 e. The standard InChI is InChI=1S/C23H19N5O2S2/c1-15(28-21(26-27-23(28)31)20-9-4-10-32-20)22(29)25-18-7-3-8-19(12-18)30-14-17-6-2-5-16(11-17)13-24/h2-12,15H,14H2,1H3,(H,25,29)(H,27,31). The van der Waals surface area contributed by atoms with E-state index in [-0.39, 0.29) is 5.91 Å². The second-order valence-corrected chi connectivity index (χ2v) is 8.33. The first-order valence-electron chi connectivity index (χ1n) is 9.78. The van der Waals surface area contributed by atoms with Gasteiger partial charge in [-0.1, -0.05) is 24.3 Å². The molecule has 4 aromatic rings. The Morgan fingerprint density at radius 3 is 2.91 bits per heavy atom. The maximum atomic E-state index is 13.0. The fraction of sp³-hybridized carbons (Fsp3) is 0.130. The predicted molar refractivity (Wildman–Crippen MR) is 126 cm³/mol. The van der Waals surface area contributed by atoms with Crippen molar-refractivity contribution in [2.45, 2.75) is 19.6 Å². The Hall–Kier alpha value is -3.74. The van der Waals surface area contributed by atoms with E-state index < -0.39 is 6.04 Å². The molecule has 9 heteroatoms. The Labute approximate surface area is 193 Å². The van der Waals surface area contributed by atoms with Crippen LogP contribution >= 0.6 is 23.6 Å². The number of H-pyrrole nitrogens is 1. The molecular weight excluding hydrogens is 442 g/mol. The highest BCUT2D eigenvalue weighted by Gasteiger charge is 2.21. The predicted octanol–water partition coefficient (Wildman–Crippen LogP) is 5.32. The molecule has 0 saturated carbocycles. The van der Waals surface area contributed by atoms with Gasteiger partial charge in [0.25, 0.3) is 0 Å². The summed E-state index contributed by atoms with van der Waals surface area (Å²) in [4.78, 5) is 13.9. The van der Waals surface area contributed by atoms with Gasteiger partial charge in [-0.2, -0.15) is 10.4 Å². The van der Waals surface area contributed by atoms with Crippen LogP contribution in [0, 0.1) is 16.1 Å². The zero-order valence-electron chi connectivity index (χ0n) is 17.1. The lowest BCUT2D eigenvalue weighted by Crippen LogP contribution is -2.24.